The fourth-order valence-corrected chi connectivity index (χ4v) is 3.36. The predicted molar refractivity (Wildman–Crippen MR) is 97.6 cm³/mol. The molecule has 2 aliphatic rings. The predicted octanol–water partition coefficient (Wildman–Crippen LogP) is 0.707. The Hall–Kier alpha value is -2.94. The maximum Gasteiger partial charge on any atom is 0.286 e. The van der Waals surface area contributed by atoms with Gasteiger partial charge >= 0.3 is 0 Å². The third-order valence-electron chi connectivity index (χ3n) is 4.83. The Bertz CT molecular complexity index is 890. The van der Waals surface area contributed by atoms with Crippen molar-refractivity contribution in [3.05, 3.63) is 40.3 Å². The molecular weight excluding hydrogens is 350 g/mol. The van der Waals surface area contributed by atoms with Crippen LogP contribution in [0.5, 0.6) is 5.75 Å². The number of hydrogen-bond acceptors (Lipinski definition) is 7. The Balaban J connectivity index is 1.53. The van der Waals surface area contributed by atoms with Gasteiger partial charge < -0.3 is 19.7 Å². The maximum absolute atomic E-state index is 12.7. The van der Waals surface area contributed by atoms with Gasteiger partial charge in [0.25, 0.3) is 11.5 Å². The molecule has 0 radical (unpaired) electrons. The number of rotatable bonds is 5. The maximum atomic E-state index is 12.7. The summed E-state index contributed by atoms with van der Waals surface area (Å²) < 4.78 is 12.1. The van der Waals surface area contributed by atoms with Gasteiger partial charge in [-0.1, -0.05) is 0 Å². The number of hydrogen-bond donors (Lipinski definition) is 1. The van der Waals surface area contributed by atoms with E-state index < -0.39 is 11.5 Å². The molecule has 2 aliphatic heterocycles. The molecule has 142 valence electrons. The van der Waals surface area contributed by atoms with Gasteiger partial charge in [-0.3, -0.25) is 14.2 Å². The van der Waals surface area contributed by atoms with Crippen molar-refractivity contribution in [2.45, 2.75) is 25.5 Å². The number of benzene rings is 1. The molecule has 0 bridgehead atoms. The highest BCUT2D eigenvalue weighted by atomic mass is 16.5. The summed E-state index contributed by atoms with van der Waals surface area (Å²) in [5.74, 6) is 0.668. The van der Waals surface area contributed by atoms with Crippen molar-refractivity contribution < 1.29 is 14.3 Å². The topological polar surface area (TPSA) is 98.6 Å². The molecule has 1 aromatic heterocycles. The molecule has 9 nitrogen and oxygen atoms in total. The standard InChI is InChI=1S/C18H21N5O4/c1-26-13-6-4-12(5-7-13)22-8-9-23-17(25)15(20-21-18(22)23)16(24)19-11-14-3-2-10-27-14/h4-7,14H,2-3,8-11H2,1H3,(H,19,24). The quantitative estimate of drug-likeness (QED) is 0.826. The van der Waals surface area contributed by atoms with E-state index in [0.717, 1.165) is 24.3 Å². The monoisotopic (exact) mass is 371 g/mol. The van der Waals surface area contributed by atoms with Crippen LogP contribution in [0.2, 0.25) is 0 Å². The average Bonchev–Trinajstić information content (AvgIpc) is 3.36. The number of carbonyl (C=O) groups is 1. The number of fused-ring (bicyclic) bond motifs is 1. The van der Waals surface area contributed by atoms with Crippen LogP contribution in [-0.2, 0) is 11.3 Å². The summed E-state index contributed by atoms with van der Waals surface area (Å²) in [5.41, 5.74) is 0.264. The summed E-state index contributed by atoms with van der Waals surface area (Å²) in [7, 11) is 1.61. The summed E-state index contributed by atoms with van der Waals surface area (Å²) in [6.45, 7) is 2.11. The Kier molecular flexibility index (Phi) is 4.76. The highest BCUT2D eigenvalue weighted by Gasteiger charge is 2.27. The van der Waals surface area contributed by atoms with Crippen LogP contribution >= 0.6 is 0 Å². The number of nitrogens with zero attached hydrogens (tertiary/aromatic N) is 4. The van der Waals surface area contributed by atoms with Crippen LogP contribution in [0, 0.1) is 0 Å². The minimum atomic E-state index is -0.513. The molecule has 1 unspecified atom stereocenters. The molecule has 0 saturated carbocycles. The molecular formula is C18H21N5O4. The molecule has 1 aromatic carbocycles. The van der Waals surface area contributed by atoms with Crippen molar-refractivity contribution >= 4 is 17.5 Å². The molecule has 27 heavy (non-hydrogen) atoms. The van der Waals surface area contributed by atoms with Gasteiger partial charge in [0, 0.05) is 31.9 Å². The average molecular weight is 371 g/mol. The molecule has 1 fully saturated rings. The number of methoxy groups -OCH3 is 1. The normalized spacial score (nSPS) is 18.4. The van der Waals surface area contributed by atoms with Crippen LogP contribution in [0.4, 0.5) is 11.6 Å². The first kappa shape index (κ1) is 17.5. The van der Waals surface area contributed by atoms with Crippen LogP contribution in [0.25, 0.3) is 0 Å². The highest BCUT2D eigenvalue weighted by Crippen LogP contribution is 2.28. The van der Waals surface area contributed by atoms with Crippen LogP contribution in [0.3, 0.4) is 0 Å². The van der Waals surface area contributed by atoms with Gasteiger partial charge in [0.15, 0.2) is 0 Å². The second-order valence-corrected chi connectivity index (χ2v) is 6.50. The minimum absolute atomic E-state index is 0.00431. The first-order chi connectivity index (χ1) is 13.2. The van der Waals surface area contributed by atoms with E-state index in [1.807, 2.05) is 29.2 Å². The third-order valence-corrected chi connectivity index (χ3v) is 4.83. The molecule has 1 N–H and O–H groups in total. The van der Waals surface area contributed by atoms with Gasteiger partial charge in [-0.2, -0.15) is 0 Å². The Morgan fingerprint density at radius 1 is 1.30 bits per heavy atom. The molecule has 1 atom stereocenters. The number of amides is 1. The smallest absolute Gasteiger partial charge is 0.286 e. The lowest BCUT2D eigenvalue weighted by molar-refractivity contribution is 0.0851. The molecule has 9 heteroatoms. The van der Waals surface area contributed by atoms with E-state index in [-0.39, 0.29) is 11.8 Å². The summed E-state index contributed by atoms with van der Waals surface area (Å²) >= 11 is 0. The fraction of sp³-hybridized carbons (Fsp3) is 0.444. The van der Waals surface area contributed by atoms with Crippen LogP contribution in [-0.4, -0.2) is 53.6 Å². The van der Waals surface area contributed by atoms with Crippen molar-refractivity contribution in [3.8, 4) is 5.75 Å². The summed E-state index contributed by atoms with van der Waals surface area (Å²) in [6.07, 6.45) is 1.90. The van der Waals surface area contributed by atoms with Crippen LogP contribution in [0.15, 0.2) is 29.1 Å². The Morgan fingerprint density at radius 3 is 2.81 bits per heavy atom. The second kappa shape index (κ2) is 7.36. The van der Waals surface area contributed by atoms with Crippen molar-refractivity contribution in [1.29, 1.82) is 0 Å². The number of carbonyl (C=O) groups excluding carboxylic acids is 1. The Morgan fingerprint density at radius 2 is 2.11 bits per heavy atom. The highest BCUT2D eigenvalue weighted by molar-refractivity contribution is 5.91. The molecule has 0 spiro atoms. The first-order valence-corrected chi connectivity index (χ1v) is 8.96. The van der Waals surface area contributed by atoms with E-state index in [9.17, 15) is 9.59 Å². The molecule has 2 aromatic rings. The van der Waals surface area contributed by atoms with Gasteiger partial charge in [0.2, 0.25) is 11.6 Å². The largest absolute Gasteiger partial charge is 0.497 e. The number of aromatic nitrogens is 3. The molecule has 1 saturated heterocycles. The van der Waals surface area contributed by atoms with E-state index >= 15 is 0 Å². The van der Waals surface area contributed by atoms with Gasteiger partial charge in [0.05, 0.1) is 13.2 Å². The van der Waals surface area contributed by atoms with Crippen LogP contribution in [0.1, 0.15) is 23.3 Å². The Labute approximate surface area is 155 Å². The lowest BCUT2D eigenvalue weighted by Crippen LogP contribution is -2.38. The van der Waals surface area contributed by atoms with E-state index in [0.29, 0.717) is 32.2 Å². The zero-order chi connectivity index (χ0) is 18.8. The lowest BCUT2D eigenvalue weighted by Gasteiger charge is -2.17. The van der Waals surface area contributed by atoms with E-state index in [1.165, 1.54) is 4.57 Å². The van der Waals surface area contributed by atoms with E-state index in [1.54, 1.807) is 7.11 Å². The van der Waals surface area contributed by atoms with Gasteiger partial charge in [0.1, 0.15) is 5.75 Å². The SMILES string of the molecule is COc1ccc(N2CCn3c2nnc(C(=O)NCC2CCCO2)c3=O)cc1. The van der Waals surface area contributed by atoms with Crippen molar-refractivity contribution in [2.75, 3.05) is 31.7 Å². The summed E-state index contributed by atoms with van der Waals surface area (Å²) in [6, 6.07) is 7.47. The fourth-order valence-electron chi connectivity index (χ4n) is 3.36. The number of nitrogens with one attached hydrogen (secondary N) is 1. The number of anilines is 2. The minimum Gasteiger partial charge on any atom is -0.497 e. The van der Waals surface area contributed by atoms with Gasteiger partial charge in [-0.25, -0.2) is 0 Å². The third kappa shape index (κ3) is 3.37. The first-order valence-electron chi connectivity index (χ1n) is 8.96. The summed E-state index contributed by atoms with van der Waals surface area (Å²) in [4.78, 5) is 26.9. The van der Waals surface area contributed by atoms with Crippen molar-refractivity contribution in [3.63, 3.8) is 0 Å². The van der Waals surface area contributed by atoms with E-state index in [2.05, 4.69) is 15.5 Å². The molecule has 1 amide bonds. The van der Waals surface area contributed by atoms with Crippen LogP contribution < -0.4 is 20.5 Å². The van der Waals surface area contributed by atoms with Crippen molar-refractivity contribution in [1.82, 2.24) is 20.1 Å². The molecule has 0 aliphatic carbocycles. The summed E-state index contributed by atoms with van der Waals surface area (Å²) in [5, 5.41) is 10.8. The zero-order valence-electron chi connectivity index (χ0n) is 15.1. The van der Waals surface area contributed by atoms with Gasteiger partial charge in [-0.05, 0) is 37.1 Å². The van der Waals surface area contributed by atoms with E-state index in [4.69, 9.17) is 9.47 Å². The molecule has 4 rings (SSSR count). The second-order valence-electron chi connectivity index (χ2n) is 6.50. The lowest BCUT2D eigenvalue weighted by atomic mass is 10.2. The zero-order valence-corrected chi connectivity index (χ0v) is 15.1. The number of ether oxygens (including phenoxy) is 2. The van der Waals surface area contributed by atoms with Crippen molar-refractivity contribution in [2.24, 2.45) is 0 Å². The molecule has 3 heterocycles. The van der Waals surface area contributed by atoms with Gasteiger partial charge in [-0.15, -0.1) is 10.2 Å².